The van der Waals surface area contributed by atoms with Crippen LogP contribution >= 0.6 is 0 Å². The second-order valence-corrected chi connectivity index (χ2v) is 4.78. The maximum Gasteiger partial charge on any atom is 0.391 e. The van der Waals surface area contributed by atoms with Crippen LogP contribution in [0.5, 0.6) is 0 Å². The molecule has 0 atom stereocenters. The van der Waals surface area contributed by atoms with Gasteiger partial charge < -0.3 is 9.73 Å². The van der Waals surface area contributed by atoms with Crippen molar-refractivity contribution in [3.8, 4) is 0 Å². The Morgan fingerprint density at radius 2 is 2.00 bits per heavy atom. The van der Waals surface area contributed by atoms with Crippen LogP contribution in [0.4, 0.5) is 13.2 Å². The van der Waals surface area contributed by atoms with Gasteiger partial charge in [-0.15, -0.1) is 0 Å². The average molecular weight is 262 g/mol. The summed E-state index contributed by atoms with van der Waals surface area (Å²) in [4.78, 5) is 4.10. The van der Waals surface area contributed by atoms with Crippen molar-refractivity contribution < 1.29 is 17.6 Å². The largest absolute Gasteiger partial charge is 0.444 e. The summed E-state index contributed by atoms with van der Waals surface area (Å²) in [5, 5.41) is 2.92. The van der Waals surface area contributed by atoms with E-state index >= 15 is 0 Å². The minimum atomic E-state index is -4.05. The van der Waals surface area contributed by atoms with Crippen LogP contribution in [0.2, 0.25) is 0 Å². The fourth-order valence-electron chi connectivity index (χ4n) is 2.45. The molecule has 0 aliphatic heterocycles. The molecular formula is C12H17F3N2O. The Bertz CT molecular complexity index is 381. The third-order valence-corrected chi connectivity index (χ3v) is 3.49. The molecule has 102 valence electrons. The van der Waals surface area contributed by atoms with E-state index in [0.717, 1.165) is 5.76 Å². The first-order valence-corrected chi connectivity index (χ1v) is 6.16. The highest BCUT2D eigenvalue weighted by atomic mass is 19.4. The number of hydrogen-bond acceptors (Lipinski definition) is 3. The monoisotopic (exact) mass is 262 g/mol. The van der Waals surface area contributed by atoms with Crippen molar-refractivity contribution in [1.82, 2.24) is 10.3 Å². The molecule has 1 aromatic heterocycles. The van der Waals surface area contributed by atoms with E-state index in [1.807, 2.05) is 0 Å². The quantitative estimate of drug-likeness (QED) is 0.908. The van der Waals surface area contributed by atoms with Gasteiger partial charge in [0.2, 0.25) is 5.89 Å². The molecule has 18 heavy (non-hydrogen) atoms. The molecule has 1 N–H and O–H groups in total. The second-order valence-electron chi connectivity index (χ2n) is 4.78. The molecule has 6 heteroatoms. The van der Waals surface area contributed by atoms with Crippen LogP contribution in [0.3, 0.4) is 0 Å². The number of nitrogens with zero attached hydrogens (tertiary/aromatic N) is 1. The van der Waals surface area contributed by atoms with Crippen molar-refractivity contribution in [3.05, 3.63) is 17.8 Å². The van der Waals surface area contributed by atoms with Crippen LogP contribution in [0.15, 0.2) is 10.6 Å². The van der Waals surface area contributed by atoms with E-state index in [-0.39, 0.29) is 18.8 Å². The van der Waals surface area contributed by atoms with Gasteiger partial charge in [-0.25, -0.2) is 4.98 Å². The van der Waals surface area contributed by atoms with Crippen molar-refractivity contribution >= 4 is 0 Å². The van der Waals surface area contributed by atoms with Gasteiger partial charge in [0.15, 0.2) is 0 Å². The lowest BCUT2D eigenvalue weighted by Gasteiger charge is -2.28. The first kappa shape index (κ1) is 13.4. The fourth-order valence-corrected chi connectivity index (χ4v) is 2.45. The number of nitrogens with one attached hydrogen (secondary N) is 1. The zero-order chi connectivity index (χ0) is 13.2. The first-order valence-electron chi connectivity index (χ1n) is 6.16. The van der Waals surface area contributed by atoms with Gasteiger partial charge in [-0.3, -0.25) is 0 Å². The third-order valence-electron chi connectivity index (χ3n) is 3.49. The van der Waals surface area contributed by atoms with Gasteiger partial charge in [-0.05, 0) is 32.7 Å². The van der Waals surface area contributed by atoms with E-state index < -0.39 is 12.1 Å². The highest BCUT2D eigenvalue weighted by Gasteiger charge is 2.42. The molecule has 1 saturated carbocycles. The normalized spacial score (nSPS) is 25.3. The predicted molar refractivity (Wildman–Crippen MR) is 60.0 cm³/mol. The van der Waals surface area contributed by atoms with Gasteiger partial charge in [0.1, 0.15) is 5.76 Å². The number of rotatable bonds is 3. The van der Waals surface area contributed by atoms with Gasteiger partial charge in [0.25, 0.3) is 0 Å². The van der Waals surface area contributed by atoms with Crippen molar-refractivity contribution in [2.24, 2.45) is 5.92 Å². The lowest BCUT2D eigenvalue weighted by atomic mass is 9.81. The molecule has 1 fully saturated rings. The van der Waals surface area contributed by atoms with Crippen molar-refractivity contribution in [2.75, 3.05) is 7.05 Å². The fraction of sp³-hybridized carbons (Fsp3) is 0.750. The van der Waals surface area contributed by atoms with Gasteiger partial charge in [-0.2, -0.15) is 13.2 Å². The highest BCUT2D eigenvalue weighted by molar-refractivity contribution is 5.03. The highest BCUT2D eigenvalue weighted by Crippen LogP contribution is 2.42. The molecule has 0 radical (unpaired) electrons. The Morgan fingerprint density at radius 1 is 1.33 bits per heavy atom. The van der Waals surface area contributed by atoms with Crippen LogP contribution in [0, 0.1) is 5.92 Å². The van der Waals surface area contributed by atoms with Crippen LogP contribution in [-0.4, -0.2) is 18.2 Å². The molecular weight excluding hydrogens is 245 g/mol. The summed E-state index contributed by atoms with van der Waals surface area (Å²) in [7, 11) is 1.79. The molecule has 0 bridgehead atoms. The Kier molecular flexibility index (Phi) is 3.94. The maximum absolute atomic E-state index is 12.5. The molecule has 0 amide bonds. The molecule has 0 unspecified atom stereocenters. The summed E-state index contributed by atoms with van der Waals surface area (Å²) in [5.41, 5.74) is 0. The summed E-state index contributed by atoms with van der Waals surface area (Å²) in [5.74, 6) is 0.251. The molecule has 1 aliphatic carbocycles. The SMILES string of the molecule is CNCc1ncc(C2CCC(C(F)(F)F)CC2)o1. The van der Waals surface area contributed by atoms with Crippen molar-refractivity contribution in [1.29, 1.82) is 0 Å². The van der Waals surface area contributed by atoms with E-state index in [9.17, 15) is 13.2 Å². The zero-order valence-corrected chi connectivity index (χ0v) is 10.3. The number of alkyl halides is 3. The van der Waals surface area contributed by atoms with Gasteiger partial charge in [0, 0.05) is 5.92 Å². The standard InChI is InChI=1S/C12H17F3N2O/c1-16-7-11-17-6-10(18-11)8-2-4-9(5-3-8)12(13,14)15/h6,8-9,16H,2-5,7H2,1H3. The summed E-state index contributed by atoms with van der Waals surface area (Å²) in [6.07, 6.45) is -0.974. The Labute approximate surface area is 104 Å². The molecule has 2 rings (SSSR count). The predicted octanol–water partition coefficient (Wildman–Crippen LogP) is 3.23. The number of oxazole rings is 1. The Balaban J connectivity index is 1.92. The smallest absolute Gasteiger partial charge is 0.391 e. The van der Waals surface area contributed by atoms with Crippen LogP contribution in [0.25, 0.3) is 0 Å². The summed E-state index contributed by atoms with van der Waals surface area (Å²) < 4.78 is 43.1. The molecule has 3 nitrogen and oxygen atoms in total. The van der Waals surface area contributed by atoms with Crippen molar-refractivity contribution in [2.45, 2.75) is 44.3 Å². The summed E-state index contributed by atoms with van der Waals surface area (Å²) in [6, 6.07) is 0. The molecule has 1 heterocycles. The summed E-state index contributed by atoms with van der Waals surface area (Å²) in [6.45, 7) is 0.540. The molecule has 0 saturated heterocycles. The minimum Gasteiger partial charge on any atom is -0.444 e. The van der Waals surface area contributed by atoms with Crippen LogP contribution in [-0.2, 0) is 6.54 Å². The van der Waals surface area contributed by atoms with Gasteiger partial charge in [0.05, 0.1) is 18.7 Å². The Morgan fingerprint density at radius 3 is 2.56 bits per heavy atom. The van der Waals surface area contributed by atoms with Gasteiger partial charge >= 0.3 is 6.18 Å². The van der Waals surface area contributed by atoms with E-state index in [0.29, 0.717) is 25.3 Å². The molecule has 0 aromatic carbocycles. The van der Waals surface area contributed by atoms with Crippen LogP contribution in [0.1, 0.15) is 43.3 Å². The lowest BCUT2D eigenvalue weighted by molar-refractivity contribution is -0.182. The average Bonchev–Trinajstić information content (AvgIpc) is 2.77. The molecule has 0 spiro atoms. The Hall–Kier alpha value is -1.04. The van der Waals surface area contributed by atoms with E-state index in [4.69, 9.17) is 4.42 Å². The molecule has 1 aliphatic rings. The number of hydrogen-bond donors (Lipinski definition) is 1. The first-order chi connectivity index (χ1) is 8.50. The third kappa shape index (κ3) is 3.04. The topological polar surface area (TPSA) is 38.1 Å². The second kappa shape index (κ2) is 5.30. The zero-order valence-electron chi connectivity index (χ0n) is 10.3. The van der Waals surface area contributed by atoms with Crippen molar-refractivity contribution in [3.63, 3.8) is 0 Å². The number of halogens is 3. The van der Waals surface area contributed by atoms with Gasteiger partial charge in [-0.1, -0.05) is 0 Å². The molecule has 1 aromatic rings. The summed E-state index contributed by atoms with van der Waals surface area (Å²) >= 11 is 0. The lowest BCUT2D eigenvalue weighted by Crippen LogP contribution is -2.27. The van der Waals surface area contributed by atoms with Crippen LogP contribution < -0.4 is 5.32 Å². The maximum atomic E-state index is 12.5. The van der Waals surface area contributed by atoms with E-state index in [2.05, 4.69) is 10.3 Å². The minimum absolute atomic E-state index is 0.0849. The van der Waals surface area contributed by atoms with E-state index in [1.165, 1.54) is 0 Å². The number of aromatic nitrogens is 1. The van der Waals surface area contributed by atoms with E-state index in [1.54, 1.807) is 13.2 Å².